The van der Waals surface area contributed by atoms with Gasteiger partial charge in [-0.2, -0.15) is 13.2 Å². The van der Waals surface area contributed by atoms with Crippen LogP contribution >= 0.6 is 11.3 Å². The Hall–Kier alpha value is -3.20. The largest absolute Gasteiger partial charge is 0.416 e. The molecule has 4 aromatic rings. The first kappa shape index (κ1) is 17.2. The van der Waals surface area contributed by atoms with Crippen LogP contribution in [0.5, 0.6) is 0 Å². The number of carbonyl (C=O) groups is 1. The average molecular weight is 388 g/mol. The molecule has 0 saturated heterocycles. The third kappa shape index (κ3) is 3.41. The van der Waals surface area contributed by atoms with E-state index in [9.17, 15) is 18.0 Å². The van der Waals surface area contributed by atoms with E-state index < -0.39 is 11.7 Å². The van der Waals surface area contributed by atoms with Crippen LogP contribution in [-0.4, -0.2) is 20.9 Å². The van der Waals surface area contributed by atoms with Crippen molar-refractivity contribution in [3.63, 3.8) is 0 Å². The number of fused-ring (bicyclic) bond motifs is 1. The van der Waals surface area contributed by atoms with Crippen molar-refractivity contribution in [2.75, 3.05) is 5.32 Å². The molecule has 0 radical (unpaired) electrons. The number of rotatable bonds is 3. The number of amides is 1. The minimum absolute atomic E-state index is 0.345. The number of H-pyrrole nitrogens is 1. The smallest absolute Gasteiger partial charge is 0.338 e. The highest BCUT2D eigenvalue weighted by molar-refractivity contribution is 7.13. The second kappa shape index (κ2) is 6.51. The highest BCUT2D eigenvalue weighted by atomic mass is 32.1. The van der Waals surface area contributed by atoms with Gasteiger partial charge in [0, 0.05) is 17.1 Å². The number of aromatic amines is 1. The van der Waals surface area contributed by atoms with Gasteiger partial charge in [-0.3, -0.25) is 10.1 Å². The number of benzene rings is 2. The number of carbonyl (C=O) groups excluding carboxylic acids is 1. The lowest BCUT2D eigenvalue weighted by Crippen LogP contribution is -2.12. The summed E-state index contributed by atoms with van der Waals surface area (Å²) in [5.74, 6) is 0.0224. The number of aromatic nitrogens is 3. The van der Waals surface area contributed by atoms with Crippen molar-refractivity contribution in [1.82, 2.24) is 15.0 Å². The number of nitrogens with one attached hydrogen (secondary N) is 2. The van der Waals surface area contributed by atoms with Crippen molar-refractivity contribution >= 4 is 33.4 Å². The Morgan fingerprint density at radius 3 is 2.56 bits per heavy atom. The molecule has 0 atom stereocenters. The van der Waals surface area contributed by atoms with Gasteiger partial charge in [-0.25, -0.2) is 9.97 Å². The van der Waals surface area contributed by atoms with Crippen molar-refractivity contribution in [1.29, 1.82) is 0 Å². The number of nitrogens with zero attached hydrogens (tertiary/aromatic N) is 2. The molecule has 2 heterocycles. The molecule has 0 aliphatic carbocycles. The molecule has 4 rings (SSSR count). The molecule has 0 fully saturated rings. The fourth-order valence-electron chi connectivity index (χ4n) is 2.62. The normalized spacial score (nSPS) is 11.7. The summed E-state index contributed by atoms with van der Waals surface area (Å²) in [5, 5.41) is 4.90. The number of anilines is 1. The van der Waals surface area contributed by atoms with E-state index in [1.165, 1.54) is 23.5 Å². The van der Waals surface area contributed by atoms with Gasteiger partial charge in [-0.1, -0.05) is 18.2 Å². The van der Waals surface area contributed by atoms with Crippen LogP contribution in [0, 0.1) is 0 Å². The molecule has 136 valence electrons. The lowest BCUT2D eigenvalue weighted by atomic mass is 10.1. The van der Waals surface area contributed by atoms with Crippen molar-refractivity contribution in [3.8, 4) is 11.4 Å². The summed E-state index contributed by atoms with van der Waals surface area (Å²) in [4.78, 5) is 24.0. The number of para-hydroxylation sites is 1. The van der Waals surface area contributed by atoms with E-state index in [4.69, 9.17) is 0 Å². The van der Waals surface area contributed by atoms with Crippen LogP contribution in [0.3, 0.4) is 0 Å². The highest BCUT2D eigenvalue weighted by Crippen LogP contribution is 2.31. The summed E-state index contributed by atoms with van der Waals surface area (Å²) in [6, 6.07) is 9.76. The molecule has 0 spiro atoms. The zero-order chi connectivity index (χ0) is 19.0. The average Bonchev–Trinajstić information content (AvgIpc) is 3.30. The third-order valence-electron chi connectivity index (χ3n) is 3.90. The summed E-state index contributed by atoms with van der Waals surface area (Å²) in [7, 11) is 0. The van der Waals surface area contributed by atoms with Gasteiger partial charge < -0.3 is 4.98 Å². The van der Waals surface area contributed by atoms with Crippen LogP contribution in [0.4, 0.5) is 18.3 Å². The minimum atomic E-state index is -4.40. The Kier molecular flexibility index (Phi) is 4.15. The van der Waals surface area contributed by atoms with Crippen molar-refractivity contribution < 1.29 is 18.0 Å². The second-order valence-electron chi connectivity index (χ2n) is 5.65. The quantitative estimate of drug-likeness (QED) is 0.521. The Morgan fingerprint density at radius 2 is 1.89 bits per heavy atom. The summed E-state index contributed by atoms with van der Waals surface area (Å²) >= 11 is 1.29. The first-order chi connectivity index (χ1) is 12.9. The van der Waals surface area contributed by atoms with Gasteiger partial charge in [0.25, 0.3) is 5.91 Å². The number of alkyl halides is 3. The lowest BCUT2D eigenvalue weighted by Gasteiger charge is -2.06. The molecule has 2 N–H and O–H groups in total. The predicted octanol–water partition coefficient (Wildman–Crippen LogP) is 4.96. The fraction of sp³-hybridized carbons (Fsp3) is 0.0556. The number of thiazole rings is 1. The summed E-state index contributed by atoms with van der Waals surface area (Å²) in [5.41, 5.74) is 1.15. The van der Waals surface area contributed by atoms with Crippen LogP contribution in [0.15, 0.2) is 54.0 Å². The maximum Gasteiger partial charge on any atom is 0.416 e. The van der Waals surface area contributed by atoms with Gasteiger partial charge in [0.1, 0.15) is 11.3 Å². The molecular weight excluding hydrogens is 377 g/mol. The maximum atomic E-state index is 12.7. The van der Waals surface area contributed by atoms with Crippen molar-refractivity contribution in [3.05, 3.63) is 65.2 Å². The zero-order valence-electron chi connectivity index (χ0n) is 13.5. The molecule has 9 heteroatoms. The van der Waals surface area contributed by atoms with E-state index in [-0.39, 0.29) is 5.91 Å². The zero-order valence-corrected chi connectivity index (χ0v) is 14.4. The van der Waals surface area contributed by atoms with Gasteiger partial charge in [-0.15, -0.1) is 11.3 Å². The molecular formula is C18H11F3N4OS. The van der Waals surface area contributed by atoms with E-state index >= 15 is 0 Å². The molecule has 5 nitrogen and oxygen atoms in total. The topological polar surface area (TPSA) is 70.7 Å². The predicted molar refractivity (Wildman–Crippen MR) is 96.6 cm³/mol. The summed E-state index contributed by atoms with van der Waals surface area (Å²) in [6.45, 7) is 0. The van der Waals surface area contributed by atoms with Gasteiger partial charge in [0.2, 0.25) is 0 Å². The van der Waals surface area contributed by atoms with Crippen molar-refractivity contribution in [2.24, 2.45) is 0 Å². The van der Waals surface area contributed by atoms with Gasteiger partial charge >= 0.3 is 6.18 Å². The van der Waals surface area contributed by atoms with Crippen molar-refractivity contribution in [2.45, 2.75) is 6.18 Å². The molecule has 27 heavy (non-hydrogen) atoms. The van der Waals surface area contributed by atoms with E-state index in [2.05, 4.69) is 20.3 Å². The molecule has 1 amide bonds. The summed E-state index contributed by atoms with van der Waals surface area (Å²) < 4.78 is 38.1. The Bertz CT molecular complexity index is 1100. The van der Waals surface area contributed by atoms with Gasteiger partial charge in [0.15, 0.2) is 5.13 Å². The SMILES string of the molecule is O=C(Nc1nccs1)c1cccc2[nH]c(-c3ccc(C(F)(F)F)cc3)nc12. The van der Waals surface area contributed by atoms with Gasteiger partial charge in [0.05, 0.1) is 16.6 Å². The standard InChI is InChI=1S/C18H11F3N4OS/c19-18(20,21)11-6-4-10(5-7-11)15-23-13-3-1-2-12(14(13)24-15)16(26)25-17-22-8-9-27-17/h1-9H,(H,23,24)(H,22,25,26). The molecule has 2 aromatic carbocycles. The molecule has 2 aromatic heterocycles. The lowest BCUT2D eigenvalue weighted by molar-refractivity contribution is -0.137. The van der Waals surface area contributed by atoms with E-state index in [1.54, 1.807) is 29.8 Å². The fourth-order valence-corrected chi connectivity index (χ4v) is 3.14. The highest BCUT2D eigenvalue weighted by Gasteiger charge is 2.30. The van der Waals surface area contributed by atoms with Crippen LogP contribution in [0.25, 0.3) is 22.4 Å². The maximum absolute atomic E-state index is 12.7. The van der Waals surface area contributed by atoms with E-state index in [1.807, 2.05) is 0 Å². The minimum Gasteiger partial charge on any atom is -0.338 e. The number of halogens is 3. The van der Waals surface area contributed by atoms with Crippen LogP contribution < -0.4 is 5.32 Å². The molecule has 0 aliphatic rings. The van der Waals surface area contributed by atoms with Crippen LogP contribution in [0.2, 0.25) is 0 Å². The Labute approximate surface area is 154 Å². The number of hydrogen-bond donors (Lipinski definition) is 2. The molecule has 0 unspecified atom stereocenters. The van der Waals surface area contributed by atoms with E-state index in [0.717, 1.165) is 12.1 Å². The molecule has 0 bridgehead atoms. The first-order valence-electron chi connectivity index (χ1n) is 7.79. The third-order valence-corrected chi connectivity index (χ3v) is 4.58. The van der Waals surface area contributed by atoms with Gasteiger partial charge in [-0.05, 0) is 24.3 Å². The number of hydrogen-bond acceptors (Lipinski definition) is 4. The van der Waals surface area contributed by atoms with E-state index in [0.29, 0.717) is 33.1 Å². The second-order valence-corrected chi connectivity index (χ2v) is 6.55. The number of imidazole rings is 1. The van der Waals surface area contributed by atoms with Crippen LogP contribution in [0.1, 0.15) is 15.9 Å². The Morgan fingerprint density at radius 1 is 1.11 bits per heavy atom. The molecule has 0 saturated carbocycles. The first-order valence-corrected chi connectivity index (χ1v) is 8.67. The molecule has 0 aliphatic heterocycles. The Balaban J connectivity index is 1.69. The van der Waals surface area contributed by atoms with Crippen LogP contribution in [-0.2, 0) is 6.18 Å². The summed E-state index contributed by atoms with van der Waals surface area (Å²) in [6.07, 6.45) is -2.81. The monoisotopic (exact) mass is 388 g/mol.